The Morgan fingerprint density at radius 1 is 1.25 bits per heavy atom. The van der Waals surface area contributed by atoms with Crippen molar-refractivity contribution in [2.75, 3.05) is 11.1 Å². The third-order valence-corrected chi connectivity index (χ3v) is 3.93. The SMILES string of the molecule is O=C(CSCc1ccccn1)Nc1ccc(Cl)cc1Cl. The van der Waals surface area contributed by atoms with Crippen molar-refractivity contribution < 1.29 is 4.79 Å². The van der Waals surface area contributed by atoms with Crippen molar-refractivity contribution in [3.05, 3.63) is 58.3 Å². The van der Waals surface area contributed by atoms with Gasteiger partial charge in [0.15, 0.2) is 0 Å². The average Bonchev–Trinajstić information content (AvgIpc) is 2.43. The lowest BCUT2D eigenvalue weighted by Crippen LogP contribution is -2.14. The molecule has 0 unspecified atom stereocenters. The van der Waals surface area contributed by atoms with Crippen LogP contribution in [0.15, 0.2) is 42.6 Å². The minimum Gasteiger partial charge on any atom is -0.324 e. The van der Waals surface area contributed by atoms with Crippen LogP contribution in [-0.2, 0) is 10.5 Å². The van der Waals surface area contributed by atoms with Gasteiger partial charge in [0, 0.05) is 17.0 Å². The van der Waals surface area contributed by atoms with Crippen molar-refractivity contribution in [1.29, 1.82) is 0 Å². The van der Waals surface area contributed by atoms with E-state index < -0.39 is 0 Å². The summed E-state index contributed by atoms with van der Waals surface area (Å²) in [6.45, 7) is 0. The van der Waals surface area contributed by atoms with E-state index in [-0.39, 0.29) is 5.91 Å². The number of hydrogen-bond donors (Lipinski definition) is 1. The highest BCUT2D eigenvalue weighted by Gasteiger charge is 2.06. The van der Waals surface area contributed by atoms with Crippen LogP contribution in [0.5, 0.6) is 0 Å². The Morgan fingerprint density at radius 3 is 2.80 bits per heavy atom. The second-order valence-corrected chi connectivity index (χ2v) is 5.82. The summed E-state index contributed by atoms with van der Waals surface area (Å²) in [4.78, 5) is 16.0. The van der Waals surface area contributed by atoms with Gasteiger partial charge in [-0.25, -0.2) is 0 Å². The number of aromatic nitrogens is 1. The number of amides is 1. The van der Waals surface area contributed by atoms with E-state index in [0.717, 1.165) is 5.69 Å². The topological polar surface area (TPSA) is 42.0 Å². The summed E-state index contributed by atoms with van der Waals surface area (Å²) in [5, 5.41) is 3.72. The molecule has 3 nitrogen and oxygen atoms in total. The first-order valence-electron chi connectivity index (χ1n) is 5.88. The van der Waals surface area contributed by atoms with E-state index in [0.29, 0.717) is 27.2 Å². The molecule has 0 bridgehead atoms. The quantitative estimate of drug-likeness (QED) is 0.892. The Morgan fingerprint density at radius 2 is 2.10 bits per heavy atom. The molecule has 2 aromatic rings. The first kappa shape index (κ1) is 15.2. The van der Waals surface area contributed by atoms with Crippen LogP contribution in [0.3, 0.4) is 0 Å². The maximum atomic E-state index is 11.8. The van der Waals surface area contributed by atoms with Crippen LogP contribution < -0.4 is 5.32 Å². The molecule has 1 aromatic heterocycles. The summed E-state index contributed by atoms with van der Waals surface area (Å²) < 4.78 is 0. The summed E-state index contributed by atoms with van der Waals surface area (Å²) in [6.07, 6.45) is 1.74. The van der Waals surface area contributed by atoms with Crippen molar-refractivity contribution in [2.24, 2.45) is 0 Å². The molecule has 0 saturated carbocycles. The average molecular weight is 327 g/mol. The highest BCUT2D eigenvalue weighted by Crippen LogP contribution is 2.25. The predicted molar refractivity (Wildman–Crippen MR) is 85.5 cm³/mol. The summed E-state index contributed by atoms with van der Waals surface area (Å²) >= 11 is 13.3. The fourth-order valence-electron chi connectivity index (χ4n) is 1.51. The number of pyridine rings is 1. The lowest BCUT2D eigenvalue weighted by atomic mass is 10.3. The van der Waals surface area contributed by atoms with Crippen LogP contribution in [0.1, 0.15) is 5.69 Å². The van der Waals surface area contributed by atoms with E-state index in [1.165, 1.54) is 11.8 Å². The highest BCUT2D eigenvalue weighted by atomic mass is 35.5. The van der Waals surface area contributed by atoms with Crippen LogP contribution >= 0.6 is 35.0 Å². The van der Waals surface area contributed by atoms with Crippen LogP contribution in [0.2, 0.25) is 10.0 Å². The van der Waals surface area contributed by atoms with E-state index in [1.54, 1.807) is 24.4 Å². The number of hydrogen-bond acceptors (Lipinski definition) is 3. The molecule has 0 atom stereocenters. The Kier molecular flexibility index (Phi) is 5.71. The van der Waals surface area contributed by atoms with Gasteiger partial charge >= 0.3 is 0 Å². The van der Waals surface area contributed by atoms with Crippen LogP contribution in [0.4, 0.5) is 5.69 Å². The van der Waals surface area contributed by atoms with Gasteiger partial charge in [-0.2, -0.15) is 0 Å². The minimum atomic E-state index is -0.102. The van der Waals surface area contributed by atoms with Crippen molar-refractivity contribution in [2.45, 2.75) is 5.75 Å². The van der Waals surface area contributed by atoms with Gasteiger partial charge in [-0.05, 0) is 30.3 Å². The van der Waals surface area contributed by atoms with Crippen LogP contribution in [-0.4, -0.2) is 16.6 Å². The Balaban J connectivity index is 1.81. The van der Waals surface area contributed by atoms with Crippen molar-refractivity contribution in [1.82, 2.24) is 4.98 Å². The zero-order valence-electron chi connectivity index (χ0n) is 10.5. The molecule has 0 spiro atoms. The lowest BCUT2D eigenvalue weighted by Gasteiger charge is -2.07. The number of halogens is 2. The number of carbonyl (C=O) groups is 1. The van der Waals surface area contributed by atoms with Gasteiger partial charge < -0.3 is 5.32 Å². The molecule has 1 N–H and O–H groups in total. The molecule has 0 saturated heterocycles. The standard InChI is InChI=1S/C14H12Cl2N2OS/c15-10-4-5-13(12(16)7-10)18-14(19)9-20-8-11-3-1-2-6-17-11/h1-7H,8-9H2,(H,18,19). The molecule has 2 rings (SSSR count). The molecule has 20 heavy (non-hydrogen) atoms. The number of carbonyl (C=O) groups excluding carboxylic acids is 1. The Hall–Kier alpha value is -1.23. The van der Waals surface area contributed by atoms with E-state index >= 15 is 0 Å². The summed E-state index contributed by atoms with van der Waals surface area (Å²) in [7, 11) is 0. The molecule has 6 heteroatoms. The van der Waals surface area contributed by atoms with Gasteiger partial charge in [-0.3, -0.25) is 9.78 Å². The molecule has 1 aromatic carbocycles. The summed E-state index contributed by atoms with van der Waals surface area (Å²) in [5.41, 5.74) is 1.52. The van der Waals surface area contributed by atoms with Gasteiger partial charge in [0.1, 0.15) is 0 Å². The van der Waals surface area contributed by atoms with Gasteiger partial charge in [0.2, 0.25) is 5.91 Å². The lowest BCUT2D eigenvalue weighted by molar-refractivity contribution is -0.113. The Labute approximate surface area is 131 Å². The molecule has 104 valence electrons. The van der Waals surface area contributed by atoms with E-state index in [1.807, 2.05) is 18.2 Å². The normalized spacial score (nSPS) is 10.3. The van der Waals surface area contributed by atoms with E-state index in [4.69, 9.17) is 23.2 Å². The number of anilines is 1. The second kappa shape index (κ2) is 7.53. The first-order valence-corrected chi connectivity index (χ1v) is 7.79. The number of nitrogens with one attached hydrogen (secondary N) is 1. The maximum absolute atomic E-state index is 11.8. The molecule has 1 heterocycles. The number of nitrogens with zero attached hydrogens (tertiary/aromatic N) is 1. The van der Waals surface area contributed by atoms with Gasteiger partial charge in [0.25, 0.3) is 0 Å². The second-order valence-electron chi connectivity index (χ2n) is 3.99. The molecule has 0 aliphatic rings. The van der Waals surface area contributed by atoms with Crippen molar-refractivity contribution in [3.63, 3.8) is 0 Å². The molecular formula is C14H12Cl2N2OS. The molecule has 0 aliphatic carbocycles. The maximum Gasteiger partial charge on any atom is 0.234 e. The monoisotopic (exact) mass is 326 g/mol. The third-order valence-electron chi connectivity index (χ3n) is 2.41. The molecule has 0 fully saturated rings. The van der Waals surface area contributed by atoms with Crippen molar-refractivity contribution in [3.8, 4) is 0 Å². The Bertz CT molecular complexity index is 593. The van der Waals surface area contributed by atoms with E-state index in [2.05, 4.69) is 10.3 Å². The molecular weight excluding hydrogens is 315 g/mol. The molecule has 0 radical (unpaired) electrons. The predicted octanol–water partition coefficient (Wildman–Crippen LogP) is 4.26. The molecule has 1 amide bonds. The van der Waals surface area contributed by atoms with Crippen LogP contribution in [0, 0.1) is 0 Å². The summed E-state index contributed by atoms with van der Waals surface area (Å²) in [5.74, 6) is 0.938. The highest BCUT2D eigenvalue weighted by molar-refractivity contribution is 7.99. The molecule has 0 aliphatic heterocycles. The number of thioether (sulfide) groups is 1. The zero-order valence-corrected chi connectivity index (χ0v) is 12.8. The van der Waals surface area contributed by atoms with Crippen molar-refractivity contribution >= 4 is 46.6 Å². The largest absolute Gasteiger partial charge is 0.324 e. The third kappa shape index (κ3) is 4.71. The van der Waals surface area contributed by atoms with Crippen LogP contribution in [0.25, 0.3) is 0 Å². The fourth-order valence-corrected chi connectivity index (χ4v) is 2.70. The van der Waals surface area contributed by atoms with Gasteiger partial charge in [0.05, 0.1) is 22.2 Å². The smallest absolute Gasteiger partial charge is 0.234 e. The van der Waals surface area contributed by atoms with Gasteiger partial charge in [-0.15, -0.1) is 11.8 Å². The fraction of sp³-hybridized carbons (Fsp3) is 0.143. The van der Waals surface area contributed by atoms with E-state index in [9.17, 15) is 4.79 Å². The number of benzene rings is 1. The number of rotatable bonds is 5. The summed E-state index contributed by atoms with van der Waals surface area (Å²) in [6, 6.07) is 10.7. The zero-order chi connectivity index (χ0) is 14.4. The first-order chi connectivity index (χ1) is 9.65. The van der Waals surface area contributed by atoms with Gasteiger partial charge in [-0.1, -0.05) is 29.3 Å². The minimum absolute atomic E-state index is 0.102.